The van der Waals surface area contributed by atoms with Crippen molar-refractivity contribution in [1.82, 2.24) is 5.32 Å². The smallest absolute Gasteiger partial charge is 0.225 e. The van der Waals surface area contributed by atoms with Crippen LogP contribution >= 0.6 is 11.6 Å². The highest BCUT2D eigenvalue weighted by Gasteiger charge is 2.24. The Hall–Kier alpha value is -1.16. The Morgan fingerprint density at radius 2 is 1.94 bits per heavy atom. The van der Waals surface area contributed by atoms with Gasteiger partial charge in [-0.2, -0.15) is 0 Å². The second-order valence-corrected chi connectivity index (χ2v) is 4.74. The highest BCUT2D eigenvalue weighted by Crippen LogP contribution is 2.15. The average Bonchev–Trinajstić information content (AvgIpc) is 2.34. The number of hydrogen-bond acceptors (Lipinski definition) is 1. The van der Waals surface area contributed by atoms with Crippen molar-refractivity contribution in [2.24, 2.45) is 0 Å². The monoisotopic (exact) mass is 275 g/mol. The fraction of sp³-hybridized carbons (Fsp3) is 0.462. The van der Waals surface area contributed by atoms with Gasteiger partial charge in [0.1, 0.15) is 11.6 Å². The molecule has 2 nitrogen and oxygen atoms in total. The maximum atomic E-state index is 13.4. The van der Waals surface area contributed by atoms with Crippen LogP contribution in [0, 0.1) is 11.6 Å². The van der Waals surface area contributed by atoms with Crippen LogP contribution in [0.1, 0.15) is 25.8 Å². The van der Waals surface area contributed by atoms with Crippen LogP contribution < -0.4 is 5.32 Å². The van der Waals surface area contributed by atoms with E-state index in [-0.39, 0.29) is 17.9 Å². The lowest BCUT2D eigenvalue weighted by Gasteiger charge is -2.27. The zero-order valence-electron chi connectivity index (χ0n) is 10.4. The lowest BCUT2D eigenvalue weighted by molar-refractivity contribution is -0.122. The summed E-state index contributed by atoms with van der Waals surface area (Å²) in [6, 6.07) is 3.53. The molecule has 0 aliphatic heterocycles. The third kappa shape index (κ3) is 3.67. The molecule has 1 amide bonds. The van der Waals surface area contributed by atoms with Gasteiger partial charge in [0.2, 0.25) is 5.91 Å². The molecule has 0 saturated carbocycles. The van der Waals surface area contributed by atoms with Crippen LogP contribution in [-0.4, -0.2) is 17.3 Å². The molecule has 0 aliphatic rings. The Morgan fingerprint density at radius 3 is 2.39 bits per heavy atom. The third-order valence-electron chi connectivity index (χ3n) is 2.92. The summed E-state index contributed by atoms with van der Waals surface area (Å²) in [6.07, 6.45) is 0.312. The van der Waals surface area contributed by atoms with Gasteiger partial charge in [-0.05, 0) is 25.5 Å². The summed E-state index contributed by atoms with van der Waals surface area (Å²) in [4.78, 5) is 11.7. The molecule has 1 N–H and O–H groups in total. The van der Waals surface area contributed by atoms with Gasteiger partial charge in [-0.25, -0.2) is 8.78 Å². The minimum absolute atomic E-state index is 0.219. The second kappa shape index (κ2) is 6.14. The summed E-state index contributed by atoms with van der Waals surface area (Å²) in [6.45, 7) is 3.67. The summed E-state index contributed by atoms with van der Waals surface area (Å²) in [5.74, 6) is -1.62. The van der Waals surface area contributed by atoms with E-state index in [0.717, 1.165) is 12.1 Å². The molecule has 1 aromatic rings. The van der Waals surface area contributed by atoms with Crippen molar-refractivity contribution in [2.45, 2.75) is 32.2 Å². The van der Waals surface area contributed by atoms with E-state index in [1.165, 1.54) is 6.07 Å². The van der Waals surface area contributed by atoms with E-state index >= 15 is 0 Å². The molecule has 5 heteroatoms. The molecule has 0 fully saturated rings. The van der Waals surface area contributed by atoms with Crippen LogP contribution in [-0.2, 0) is 11.2 Å². The van der Waals surface area contributed by atoms with Gasteiger partial charge in [-0.15, -0.1) is 11.6 Å². The fourth-order valence-corrected chi connectivity index (χ4v) is 1.71. The second-order valence-electron chi connectivity index (χ2n) is 4.47. The first-order valence-electron chi connectivity index (χ1n) is 5.71. The molecule has 0 spiro atoms. The van der Waals surface area contributed by atoms with E-state index in [1.54, 1.807) is 6.92 Å². The highest BCUT2D eigenvalue weighted by atomic mass is 35.5. The Labute approximate surface area is 110 Å². The first-order chi connectivity index (χ1) is 8.41. The SMILES string of the molecule is CCC(C)(CCl)NC(=O)Cc1c(F)cccc1F. The molecule has 18 heavy (non-hydrogen) atoms. The van der Waals surface area contributed by atoms with Gasteiger partial charge in [0, 0.05) is 11.4 Å². The first kappa shape index (κ1) is 14.9. The van der Waals surface area contributed by atoms with Crippen molar-refractivity contribution in [3.63, 3.8) is 0 Å². The number of hydrogen-bond donors (Lipinski definition) is 1. The maximum Gasteiger partial charge on any atom is 0.225 e. The summed E-state index contributed by atoms with van der Waals surface area (Å²) < 4.78 is 26.7. The van der Waals surface area contributed by atoms with Crippen LogP contribution in [0.25, 0.3) is 0 Å². The van der Waals surface area contributed by atoms with Gasteiger partial charge in [-0.1, -0.05) is 13.0 Å². The Bertz CT molecular complexity index is 413. The molecule has 1 aromatic carbocycles. The molecule has 0 heterocycles. The zero-order chi connectivity index (χ0) is 13.8. The molecule has 0 saturated heterocycles. The Balaban J connectivity index is 2.77. The Kier molecular flexibility index (Phi) is 5.08. The number of carbonyl (C=O) groups is 1. The molecule has 1 atom stereocenters. The molecule has 1 rings (SSSR count). The Morgan fingerprint density at radius 1 is 1.39 bits per heavy atom. The predicted molar refractivity (Wildman–Crippen MR) is 67.6 cm³/mol. The minimum Gasteiger partial charge on any atom is -0.349 e. The highest BCUT2D eigenvalue weighted by molar-refractivity contribution is 6.18. The van der Waals surface area contributed by atoms with E-state index in [0.29, 0.717) is 6.42 Å². The van der Waals surface area contributed by atoms with Crippen molar-refractivity contribution in [3.05, 3.63) is 35.4 Å². The molecule has 0 aliphatic carbocycles. The quantitative estimate of drug-likeness (QED) is 0.823. The van der Waals surface area contributed by atoms with Crippen LogP contribution in [0.4, 0.5) is 8.78 Å². The number of carbonyl (C=O) groups excluding carboxylic acids is 1. The summed E-state index contributed by atoms with van der Waals surface area (Å²) in [5.41, 5.74) is -0.775. The summed E-state index contributed by atoms with van der Waals surface area (Å²) in [7, 11) is 0. The normalized spacial score (nSPS) is 14.1. The number of nitrogens with one attached hydrogen (secondary N) is 1. The van der Waals surface area contributed by atoms with Gasteiger partial charge >= 0.3 is 0 Å². The maximum absolute atomic E-state index is 13.4. The van der Waals surface area contributed by atoms with Crippen LogP contribution in [0.3, 0.4) is 0 Å². The molecule has 1 unspecified atom stereocenters. The van der Waals surface area contributed by atoms with Crippen molar-refractivity contribution in [3.8, 4) is 0 Å². The van der Waals surface area contributed by atoms with Crippen LogP contribution in [0.2, 0.25) is 0 Å². The van der Waals surface area contributed by atoms with Crippen molar-refractivity contribution in [2.75, 3.05) is 5.88 Å². The third-order valence-corrected chi connectivity index (χ3v) is 3.51. The van der Waals surface area contributed by atoms with E-state index in [1.807, 2.05) is 6.92 Å². The molecule has 0 bridgehead atoms. The predicted octanol–water partition coefficient (Wildman–Crippen LogP) is 3.03. The number of halogens is 3. The van der Waals surface area contributed by atoms with E-state index in [9.17, 15) is 13.6 Å². The number of alkyl halides is 1. The van der Waals surface area contributed by atoms with Crippen molar-refractivity contribution in [1.29, 1.82) is 0 Å². The van der Waals surface area contributed by atoms with Crippen LogP contribution in [0.5, 0.6) is 0 Å². The zero-order valence-corrected chi connectivity index (χ0v) is 11.2. The fourth-order valence-electron chi connectivity index (χ4n) is 1.46. The molecular weight excluding hydrogens is 260 g/mol. The minimum atomic E-state index is -0.714. The van der Waals surface area contributed by atoms with Gasteiger partial charge in [0.25, 0.3) is 0 Å². The van der Waals surface area contributed by atoms with Gasteiger partial charge in [-0.3, -0.25) is 4.79 Å². The van der Waals surface area contributed by atoms with Crippen molar-refractivity contribution < 1.29 is 13.6 Å². The summed E-state index contributed by atoms with van der Waals surface area (Å²) >= 11 is 5.76. The number of amides is 1. The van der Waals surface area contributed by atoms with E-state index in [2.05, 4.69) is 5.32 Å². The lowest BCUT2D eigenvalue weighted by Crippen LogP contribution is -2.47. The van der Waals surface area contributed by atoms with Crippen LogP contribution in [0.15, 0.2) is 18.2 Å². The number of benzene rings is 1. The summed E-state index contributed by atoms with van der Waals surface area (Å²) in [5, 5.41) is 2.69. The van der Waals surface area contributed by atoms with Gasteiger partial charge in [0.05, 0.1) is 12.0 Å². The lowest BCUT2D eigenvalue weighted by atomic mass is 10.0. The first-order valence-corrected chi connectivity index (χ1v) is 6.25. The molecule has 100 valence electrons. The van der Waals surface area contributed by atoms with E-state index in [4.69, 9.17) is 11.6 Å². The molecular formula is C13H16ClF2NO. The molecule has 0 radical (unpaired) electrons. The standard InChI is InChI=1S/C13H16ClF2NO/c1-3-13(2,8-14)17-12(18)7-9-10(15)5-4-6-11(9)16/h4-6H,3,7-8H2,1-2H3,(H,17,18). The van der Waals surface area contributed by atoms with E-state index < -0.39 is 23.1 Å². The molecule has 0 aromatic heterocycles. The topological polar surface area (TPSA) is 29.1 Å². The van der Waals surface area contributed by atoms with Gasteiger partial charge in [0.15, 0.2) is 0 Å². The average molecular weight is 276 g/mol. The van der Waals surface area contributed by atoms with Gasteiger partial charge < -0.3 is 5.32 Å². The number of rotatable bonds is 5. The van der Waals surface area contributed by atoms with Crippen molar-refractivity contribution >= 4 is 17.5 Å². The largest absolute Gasteiger partial charge is 0.349 e.